The average Bonchev–Trinajstić information content (AvgIpc) is 1.69. The van der Waals surface area contributed by atoms with Crippen LogP contribution < -0.4 is 0 Å². The zero-order chi connectivity index (χ0) is 6.57. The molecule has 2 heteroatoms. The zero-order valence-corrected chi connectivity index (χ0v) is 5.99. The molecule has 0 amide bonds. The number of hydrogen-bond acceptors (Lipinski definition) is 1. The first-order chi connectivity index (χ1) is 3.72. The van der Waals surface area contributed by atoms with E-state index in [4.69, 9.17) is 0 Å². The number of hydrogen-bond donors (Lipinski definition) is 0. The van der Waals surface area contributed by atoms with E-state index < -0.39 is 10.8 Å². The van der Waals surface area contributed by atoms with Crippen molar-refractivity contribution in [1.29, 1.82) is 0 Å². The summed E-state index contributed by atoms with van der Waals surface area (Å²) in [5.74, 6) is 0. The molecular weight excluding hydrogens is 120 g/mol. The average molecular weight is 130 g/mol. The molecule has 1 unspecified atom stereocenters. The molecule has 46 valence electrons. The Morgan fingerprint density at radius 3 is 2.25 bits per heavy atom. The summed E-state index contributed by atoms with van der Waals surface area (Å²) in [6.07, 6.45) is 5.04. The van der Waals surface area contributed by atoms with Gasteiger partial charge in [0.05, 0.1) is 0 Å². The Balaban J connectivity index is 4.13. The highest BCUT2D eigenvalue weighted by Gasteiger charge is 1.90. The first-order valence-corrected chi connectivity index (χ1v) is 3.90. The van der Waals surface area contributed by atoms with E-state index in [0.717, 1.165) is 4.91 Å². The van der Waals surface area contributed by atoms with Crippen molar-refractivity contribution in [3.63, 3.8) is 0 Å². The van der Waals surface area contributed by atoms with Crippen LogP contribution in [0.15, 0.2) is 23.6 Å². The third-order valence-electron chi connectivity index (χ3n) is 0.818. The van der Waals surface area contributed by atoms with Gasteiger partial charge in [0.1, 0.15) is 0 Å². The van der Waals surface area contributed by atoms with Crippen molar-refractivity contribution in [3.8, 4) is 0 Å². The topological polar surface area (TPSA) is 17.1 Å². The molecule has 0 bridgehead atoms. The Bertz CT molecular complexity index is 135. The molecule has 0 saturated carbocycles. The van der Waals surface area contributed by atoms with E-state index in [0.29, 0.717) is 0 Å². The molecule has 1 nitrogen and oxygen atoms in total. The summed E-state index contributed by atoms with van der Waals surface area (Å²) < 4.78 is 10.6. The van der Waals surface area contributed by atoms with Crippen LogP contribution in [0.5, 0.6) is 0 Å². The normalized spacial score (nSPS) is 15.5. The highest BCUT2D eigenvalue weighted by atomic mass is 32.2. The molecule has 0 aromatic carbocycles. The van der Waals surface area contributed by atoms with Crippen molar-refractivity contribution in [2.75, 3.05) is 6.26 Å². The fraction of sp³-hybridized carbons (Fsp3) is 0.333. The highest BCUT2D eigenvalue weighted by Crippen LogP contribution is 1.97. The Kier molecular flexibility index (Phi) is 3.44. The molecule has 0 aromatic heterocycles. The number of allylic oxidation sites excluding steroid dienone is 2. The maximum atomic E-state index is 10.6. The van der Waals surface area contributed by atoms with Gasteiger partial charge in [0.25, 0.3) is 0 Å². The van der Waals surface area contributed by atoms with Gasteiger partial charge >= 0.3 is 0 Å². The van der Waals surface area contributed by atoms with Crippen molar-refractivity contribution < 1.29 is 4.21 Å². The van der Waals surface area contributed by atoms with Crippen LogP contribution in [-0.4, -0.2) is 10.5 Å². The van der Waals surface area contributed by atoms with Crippen molar-refractivity contribution >= 4 is 10.8 Å². The summed E-state index contributed by atoms with van der Waals surface area (Å²) >= 11 is 0. The van der Waals surface area contributed by atoms with Crippen molar-refractivity contribution in [1.82, 2.24) is 0 Å². The Morgan fingerprint density at radius 1 is 1.75 bits per heavy atom. The van der Waals surface area contributed by atoms with E-state index in [2.05, 4.69) is 6.58 Å². The molecule has 0 spiro atoms. The minimum absolute atomic E-state index is 0.796. The molecular formula is C6H10OS. The summed E-state index contributed by atoms with van der Waals surface area (Å²) in [5.41, 5.74) is 0. The van der Waals surface area contributed by atoms with Crippen molar-refractivity contribution in [2.45, 2.75) is 6.92 Å². The van der Waals surface area contributed by atoms with E-state index >= 15 is 0 Å². The quantitative estimate of drug-likeness (QED) is 0.517. The van der Waals surface area contributed by atoms with E-state index in [1.165, 1.54) is 0 Å². The molecule has 0 aliphatic rings. The fourth-order valence-electron chi connectivity index (χ4n) is 0.401. The maximum absolute atomic E-state index is 10.6. The second-order valence-corrected chi connectivity index (χ2v) is 2.73. The van der Waals surface area contributed by atoms with Gasteiger partial charge in [0.2, 0.25) is 0 Å². The molecule has 0 radical (unpaired) electrons. The standard InChI is InChI=1S/C6H10OS/c1-4-6(5-2)8(3)7/h4-5H,1H2,2-3H3/b6-5+. The lowest BCUT2D eigenvalue weighted by Gasteiger charge is -1.89. The third kappa shape index (κ3) is 2.07. The minimum Gasteiger partial charge on any atom is -0.255 e. The smallest absolute Gasteiger partial charge is 0.0494 e. The molecule has 1 atom stereocenters. The SMILES string of the molecule is C=C/C(=C\C)S(C)=O. The maximum Gasteiger partial charge on any atom is 0.0494 e. The van der Waals surface area contributed by atoms with Gasteiger partial charge in [0.15, 0.2) is 0 Å². The van der Waals surface area contributed by atoms with Crippen LogP contribution in [-0.2, 0) is 10.8 Å². The molecule has 0 aromatic rings. The van der Waals surface area contributed by atoms with Gasteiger partial charge < -0.3 is 0 Å². The molecule has 0 N–H and O–H groups in total. The van der Waals surface area contributed by atoms with Gasteiger partial charge in [-0.2, -0.15) is 0 Å². The van der Waals surface area contributed by atoms with Gasteiger partial charge in [-0.3, -0.25) is 4.21 Å². The molecule has 0 aliphatic carbocycles. The van der Waals surface area contributed by atoms with Gasteiger partial charge in [-0.25, -0.2) is 0 Å². The van der Waals surface area contributed by atoms with Crippen LogP contribution in [0.25, 0.3) is 0 Å². The lowest BCUT2D eigenvalue weighted by Crippen LogP contribution is -1.85. The van der Waals surface area contributed by atoms with Crippen LogP contribution in [0.3, 0.4) is 0 Å². The minimum atomic E-state index is -0.860. The molecule has 8 heavy (non-hydrogen) atoms. The third-order valence-corrected chi connectivity index (χ3v) is 1.88. The summed E-state index contributed by atoms with van der Waals surface area (Å²) in [4.78, 5) is 0.796. The van der Waals surface area contributed by atoms with Crippen molar-refractivity contribution in [3.05, 3.63) is 23.6 Å². The predicted molar refractivity (Wildman–Crippen MR) is 38.0 cm³/mol. The van der Waals surface area contributed by atoms with Gasteiger partial charge in [-0.1, -0.05) is 18.7 Å². The van der Waals surface area contributed by atoms with Gasteiger partial charge in [-0.05, 0) is 6.92 Å². The van der Waals surface area contributed by atoms with Gasteiger partial charge in [-0.15, -0.1) is 0 Å². The molecule has 0 heterocycles. The molecule has 0 fully saturated rings. The second-order valence-electron chi connectivity index (χ2n) is 1.35. The largest absolute Gasteiger partial charge is 0.255 e. The van der Waals surface area contributed by atoms with Crippen LogP contribution in [0.4, 0.5) is 0 Å². The van der Waals surface area contributed by atoms with E-state index in [9.17, 15) is 4.21 Å². The monoisotopic (exact) mass is 130 g/mol. The van der Waals surface area contributed by atoms with Crippen LogP contribution in [0.1, 0.15) is 6.92 Å². The predicted octanol–water partition coefficient (Wildman–Crippen LogP) is 1.45. The number of rotatable bonds is 2. The highest BCUT2D eigenvalue weighted by molar-refractivity contribution is 7.88. The van der Waals surface area contributed by atoms with Crippen LogP contribution >= 0.6 is 0 Å². The summed E-state index contributed by atoms with van der Waals surface area (Å²) in [6.45, 7) is 5.34. The van der Waals surface area contributed by atoms with Gasteiger partial charge in [0, 0.05) is 22.0 Å². The summed E-state index contributed by atoms with van der Waals surface area (Å²) in [6, 6.07) is 0. The fourth-order valence-corrected chi connectivity index (χ4v) is 0.968. The molecule has 0 rings (SSSR count). The van der Waals surface area contributed by atoms with Crippen LogP contribution in [0, 0.1) is 0 Å². The van der Waals surface area contributed by atoms with E-state index in [1.54, 1.807) is 18.4 Å². The van der Waals surface area contributed by atoms with E-state index in [1.807, 2.05) is 6.92 Å². The second kappa shape index (κ2) is 3.61. The first-order valence-electron chi connectivity index (χ1n) is 2.34. The molecule has 0 saturated heterocycles. The molecule has 0 aliphatic heterocycles. The first kappa shape index (κ1) is 7.63. The Hall–Kier alpha value is -0.370. The lowest BCUT2D eigenvalue weighted by molar-refractivity contribution is 0.690. The van der Waals surface area contributed by atoms with E-state index in [-0.39, 0.29) is 0 Å². The summed E-state index contributed by atoms with van der Waals surface area (Å²) in [5, 5.41) is 0. The Morgan fingerprint density at radius 2 is 2.25 bits per heavy atom. The Labute approximate surface area is 52.6 Å². The lowest BCUT2D eigenvalue weighted by atomic mass is 10.5. The van der Waals surface area contributed by atoms with Crippen LogP contribution in [0.2, 0.25) is 0 Å². The summed E-state index contributed by atoms with van der Waals surface area (Å²) in [7, 11) is -0.860. The van der Waals surface area contributed by atoms with Crippen molar-refractivity contribution in [2.24, 2.45) is 0 Å². The zero-order valence-electron chi connectivity index (χ0n) is 5.18.